The second-order valence-corrected chi connectivity index (χ2v) is 8.37. The molecule has 2 atom stereocenters. The molecule has 8 heteroatoms. The summed E-state index contributed by atoms with van der Waals surface area (Å²) in [6.45, 7) is 7.97. The summed E-state index contributed by atoms with van der Waals surface area (Å²) in [7, 11) is 0. The fraction of sp³-hybridized carbons (Fsp3) is 0.381. The molecule has 1 saturated heterocycles. The van der Waals surface area contributed by atoms with Gasteiger partial charge in [0, 0.05) is 29.6 Å². The van der Waals surface area contributed by atoms with E-state index in [4.69, 9.17) is 0 Å². The van der Waals surface area contributed by atoms with Gasteiger partial charge in [0.1, 0.15) is 12.4 Å². The topological polar surface area (TPSA) is 71.4 Å². The van der Waals surface area contributed by atoms with E-state index in [9.17, 15) is 18.8 Å². The van der Waals surface area contributed by atoms with Gasteiger partial charge in [-0.15, -0.1) is 0 Å². The molecule has 1 fully saturated rings. The lowest BCUT2D eigenvalue weighted by Crippen LogP contribution is -2.53. The van der Waals surface area contributed by atoms with Crippen molar-refractivity contribution in [3.63, 3.8) is 0 Å². The summed E-state index contributed by atoms with van der Waals surface area (Å²) in [6, 6.07) is 5.88. The number of nitrogens with zero attached hydrogens (tertiary/aromatic N) is 2. The van der Waals surface area contributed by atoms with Crippen LogP contribution in [0.1, 0.15) is 28.5 Å². The molecule has 0 spiro atoms. The number of hydrogen-bond acceptors (Lipinski definition) is 4. The number of piperidine rings is 1. The van der Waals surface area contributed by atoms with Gasteiger partial charge in [0.25, 0.3) is 0 Å². The molecule has 0 bridgehead atoms. The largest absolute Gasteiger partial charge is 0.347 e. The molecule has 1 aromatic carbocycles. The number of amides is 2. The molecule has 1 aromatic heterocycles. The van der Waals surface area contributed by atoms with E-state index >= 15 is 0 Å². The second kappa shape index (κ2) is 8.73. The minimum atomic E-state index is -0.328. The first kappa shape index (κ1) is 21.0. The van der Waals surface area contributed by atoms with Gasteiger partial charge < -0.3 is 10.2 Å². The molecule has 1 aliphatic heterocycles. The number of nitrogens with one attached hydrogen (secondary N) is 1. The predicted molar refractivity (Wildman–Crippen MR) is 111 cm³/mol. The number of halogens is 1. The molecule has 2 aromatic rings. The zero-order valence-corrected chi connectivity index (χ0v) is 17.3. The molecule has 2 amide bonds. The van der Waals surface area contributed by atoms with Crippen molar-refractivity contribution in [2.45, 2.75) is 38.8 Å². The van der Waals surface area contributed by atoms with Crippen molar-refractivity contribution in [2.75, 3.05) is 13.1 Å². The lowest BCUT2D eigenvalue weighted by molar-refractivity contribution is -0.134. The molecule has 1 N–H and O–H groups in total. The van der Waals surface area contributed by atoms with Gasteiger partial charge >= 0.3 is 4.87 Å². The molecule has 2 heterocycles. The molecule has 0 saturated carbocycles. The zero-order chi connectivity index (χ0) is 21.1. The Morgan fingerprint density at radius 2 is 2.00 bits per heavy atom. The molecular weight excluding hydrogens is 393 g/mol. The van der Waals surface area contributed by atoms with Gasteiger partial charge in [0.05, 0.1) is 6.04 Å². The SMILES string of the molecule is C=CC(=O)N[C@H]1CN(C(=O)Cn2c(C)c(C)sc2=O)CC[C@@H]1c1ccc(F)cc1. The maximum absolute atomic E-state index is 13.3. The maximum atomic E-state index is 13.3. The quantitative estimate of drug-likeness (QED) is 0.760. The summed E-state index contributed by atoms with van der Waals surface area (Å²) in [6.07, 6.45) is 1.82. The minimum Gasteiger partial charge on any atom is -0.347 e. The number of rotatable bonds is 5. The van der Waals surface area contributed by atoms with Crippen LogP contribution in [-0.4, -0.2) is 40.4 Å². The van der Waals surface area contributed by atoms with Crippen molar-refractivity contribution in [2.24, 2.45) is 0 Å². The first-order valence-corrected chi connectivity index (χ1v) is 10.2. The van der Waals surface area contributed by atoms with Crippen LogP contribution in [0.2, 0.25) is 0 Å². The number of carbonyl (C=O) groups is 2. The summed E-state index contributed by atoms with van der Waals surface area (Å²) >= 11 is 1.13. The number of aryl methyl sites for hydroxylation is 1. The Morgan fingerprint density at radius 3 is 2.59 bits per heavy atom. The fourth-order valence-corrected chi connectivity index (χ4v) is 4.51. The number of aromatic nitrogens is 1. The average Bonchev–Trinajstić information content (AvgIpc) is 2.94. The van der Waals surface area contributed by atoms with Crippen LogP contribution in [0.3, 0.4) is 0 Å². The highest BCUT2D eigenvalue weighted by atomic mass is 32.1. The van der Waals surface area contributed by atoms with Crippen molar-refractivity contribution in [3.8, 4) is 0 Å². The van der Waals surface area contributed by atoms with Crippen LogP contribution in [0.4, 0.5) is 4.39 Å². The normalized spacial score (nSPS) is 19.1. The smallest absolute Gasteiger partial charge is 0.308 e. The highest BCUT2D eigenvalue weighted by Crippen LogP contribution is 2.29. The summed E-state index contributed by atoms with van der Waals surface area (Å²) in [5.74, 6) is -0.850. The molecule has 29 heavy (non-hydrogen) atoms. The Hall–Kier alpha value is -2.74. The van der Waals surface area contributed by atoms with Crippen LogP contribution in [0, 0.1) is 19.7 Å². The number of likely N-dealkylation sites (tertiary alicyclic amines) is 1. The van der Waals surface area contributed by atoms with E-state index in [1.165, 1.54) is 22.8 Å². The summed E-state index contributed by atoms with van der Waals surface area (Å²) in [5.41, 5.74) is 1.71. The van der Waals surface area contributed by atoms with Crippen LogP contribution >= 0.6 is 11.3 Å². The van der Waals surface area contributed by atoms with Gasteiger partial charge in [-0.25, -0.2) is 4.39 Å². The Kier molecular flexibility index (Phi) is 6.32. The van der Waals surface area contributed by atoms with E-state index in [0.29, 0.717) is 19.5 Å². The Labute approximate surface area is 172 Å². The Bertz CT molecular complexity index is 980. The first-order valence-electron chi connectivity index (χ1n) is 9.43. The number of carbonyl (C=O) groups excluding carboxylic acids is 2. The molecule has 0 radical (unpaired) electrons. The molecule has 3 rings (SSSR count). The van der Waals surface area contributed by atoms with Crippen molar-refractivity contribution < 1.29 is 14.0 Å². The third-order valence-corrected chi connectivity index (χ3v) is 6.44. The van der Waals surface area contributed by atoms with Crippen LogP contribution in [-0.2, 0) is 16.1 Å². The van der Waals surface area contributed by atoms with Crippen LogP contribution in [0.15, 0.2) is 41.7 Å². The van der Waals surface area contributed by atoms with Gasteiger partial charge in [-0.3, -0.25) is 19.0 Å². The van der Waals surface area contributed by atoms with E-state index in [1.807, 2.05) is 13.8 Å². The van der Waals surface area contributed by atoms with E-state index < -0.39 is 0 Å². The molecule has 154 valence electrons. The summed E-state index contributed by atoms with van der Waals surface area (Å²) in [4.78, 5) is 39.3. The minimum absolute atomic E-state index is 0.0155. The van der Waals surface area contributed by atoms with E-state index in [2.05, 4.69) is 11.9 Å². The second-order valence-electron chi connectivity index (χ2n) is 7.20. The number of hydrogen-bond donors (Lipinski definition) is 1. The van der Waals surface area contributed by atoms with Crippen molar-refractivity contribution in [3.05, 3.63) is 68.5 Å². The third kappa shape index (κ3) is 4.64. The Balaban J connectivity index is 1.78. The first-order chi connectivity index (χ1) is 13.8. The maximum Gasteiger partial charge on any atom is 0.308 e. The zero-order valence-electron chi connectivity index (χ0n) is 16.5. The lowest BCUT2D eigenvalue weighted by atomic mass is 9.85. The Morgan fingerprint density at radius 1 is 1.31 bits per heavy atom. The van der Waals surface area contributed by atoms with Gasteiger partial charge in [0.2, 0.25) is 11.8 Å². The highest BCUT2D eigenvalue weighted by molar-refractivity contribution is 7.09. The molecule has 1 aliphatic rings. The average molecular weight is 418 g/mol. The third-order valence-electron chi connectivity index (χ3n) is 5.45. The predicted octanol–water partition coefficient (Wildman–Crippen LogP) is 2.35. The highest BCUT2D eigenvalue weighted by Gasteiger charge is 2.33. The van der Waals surface area contributed by atoms with Gasteiger partial charge in [-0.1, -0.05) is 30.0 Å². The molecule has 0 unspecified atom stereocenters. The lowest BCUT2D eigenvalue weighted by Gasteiger charge is -2.39. The number of thiazole rings is 1. The fourth-order valence-electron chi connectivity index (χ4n) is 3.68. The van der Waals surface area contributed by atoms with Crippen LogP contribution in [0.5, 0.6) is 0 Å². The van der Waals surface area contributed by atoms with Gasteiger partial charge in [0.15, 0.2) is 0 Å². The van der Waals surface area contributed by atoms with Gasteiger partial charge in [-0.05, 0) is 44.0 Å². The van der Waals surface area contributed by atoms with Crippen LogP contribution < -0.4 is 10.2 Å². The molecular formula is C21H24FN3O3S. The van der Waals surface area contributed by atoms with Crippen molar-refractivity contribution in [1.82, 2.24) is 14.8 Å². The summed E-state index contributed by atoms with van der Waals surface area (Å²) < 4.78 is 14.8. The van der Waals surface area contributed by atoms with Gasteiger partial charge in [-0.2, -0.15) is 0 Å². The molecule has 6 nitrogen and oxygen atoms in total. The number of benzene rings is 1. The summed E-state index contributed by atoms with van der Waals surface area (Å²) in [5, 5.41) is 2.90. The van der Waals surface area contributed by atoms with E-state index in [-0.39, 0.29) is 41.0 Å². The van der Waals surface area contributed by atoms with Crippen LogP contribution in [0.25, 0.3) is 0 Å². The van der Waals surface area contributed by atoms with E-state index in [0.717, 1.165) is 27.5 Å². The van der Waals surface area contributed by atoms with E-state index in [1.54, 1.807) is 17.0 Å². The van der Waals surface area contributed by atoms with Crippen molar-refractivity contribution in [1.29, 1.82) is 0 Å². The monoisotopic (exact) mass is 417 g/mol. The molecule has 0 aliphatic carbocycles. The standard InChI is InChI=1S/C21H24FN3O3S/c1-4-19(26)23-18-11-24(10-9-17(18)15-5-7-16(22)8-6-15)20(27)12-25-13(2)14(3)29-21(25)28/h4-8,17-18H,1,9-12H2,2-3H3,(H,23,26)/t17-,18+/m1/s1. The van der Waals surface area contributed by atoms with Crippen molar-refractivity contribution >= 4 is 23.2 Å².